The third-order valence-electron chi connectivity index (χ3n) is 5.63. The number of hydrogen-bond acceptors (Lipinski definition) is 5. The maximum absolute atomic E-state index is 6.35. The number of aromatic nitrogens is 2. The molecular formula is C21H23N3O2S. The van der Waals surface area contributed by atoms with Crippen molar-refractivity contribution in [2.75, 3.05) is 20.2 Å². The van der Waals surface area contributed by atoms with Gasteiger partial charge in [0.15, 0.2) is 0 Å². The molecule has 2 aliphatic rings. The maximum Gasteiger partial charge on any atom is 0.135 e. The van der Waals surface area contributed by atoms with E-state index in [0.717, 1.165) is 49.9 Å². The van der Waals surface area contributed by atoms with Crippen molar-refractivity contribution >= 4 is 11.3 Å². The highest BCUT2D eigenvalue weighted by atomic mass is 32.1. The number of hydrogen-bond donors (Lipinski definition) is 0. The molecule has 1 aromatic carbocycles. The van der Waals surface area contributed by atoms with Crippen LogP contribution in [-0.2, 0) is 24.4 Å². The Kier molecular flexibility index (Phi) is 4.27. The molecule has 0 aliphatic carbocycles. The van der Waals surface area contributed by atoms with Gasteiger partial charge in [-0.15, -0.1) is 11.3 Å². The Bertz CT molecular complexity index is 920. The summed E-state index contributed by atoms with van der Waals surface area (Å²) in [6.07, 6.45) is 3.04. The van der Waals surface area contributed by atoms with E-state index in [-0.39, 0.29) is 5.60 Å². The zero-order valence-electron chi connectivity index (χ0n) is 15.4. The Morgan fingerprint density at radius 1 is 1.22 bits per heavy atom. The van der Waals surface area contributed by atoms with Crippen LogP contribution in [-0.4, -0.2) is 40.3 Å². The van der Waals surface area contributed by atoms with Crippen molar-refractivity contribution in [1.82, 2.24) is 14.5 Å². The summed E-state index contributed by atoms with van der Waals surface area (Å²) in [5.41, 5.74) is 2.22. The van der Waals surface area contributed by atoms with Crippen molar-refractivity contribution in [3.8, 4) is 17.0 Å². The average molecular weight is 382 g/mol. The second-order valence-electron chi connectivity index (χ2n) is 7.39. The number of ether oxygens (including phenoxy) is 2. The highest BCUT2D eigenvalue weighted by Crippen LogP contribution is 2.36. The normalized spacial score (nSPS) is 22.3. The minimum atomic E-state index is -0.105. The Hall–Kier alpha value is -2.15. The number of rotatable bonds is 4. The van der Waals surface area contributed by atoms with Gasteiger partial charge in [-0.25, -0.2) is 4.98 Å². The first-order chi connectivity index (χ1) is 13.2. The van der Waals surface area contributed by atoms with Crippen molar-refractivity contribution in [2.45, 2.75) is 31.7 Å². The predicted octanol–water partition coefficient (Wildman–Crippen LogP) is 3.80. The molecule has 1 spiro atoms. The summed E-state index contributed by atoms with van der Waals surface area (Å²) in [4.78, 5) is 8.54. The fourth-order valence-electron chi connectivity index (χ4n) is 4.18. The molecule has 140 valence electrons. The van der Waals surface area contributed by atoms with Crippen molar-refractivity contribution in [3.05, 3.63) is 58.7 Å². The van der Waals surface area contributed by atoms with Crippen LogP contribution in [0.2, 0.25) is 0 Å². The van der Waals surface area contributed by atoms with E-state index in [9.17, 15) is 0 Å². The molecule has 2 aliphatic heterocycles. The monoisotopic (exact) mass is 381 g/mol. The summed E-state index contributed by atoms with van der Waals surface area (Å²) in [5, 5.41) is 2.15. The molecule has 1 saturated heterocycles. The third-order valence-corrected chi connectivity index (χ3v) is 6.49. The predicted molar refractivity (Wildman–Crippen MR) is 106 cm³/mol. The molecule has 1 atom stereocenters. The molecule has 4 heterocycles. The summed E-state index contributed by atoms with van der Waals surface area (Å²) < 4.78 is 14.0. The van der Waals surface area contributed by atoms with Crippen LogP contribution in [0.4, 0.5) is 0 Å². The Labute approximate surface area is 163 Å². The smallest absolute Gasteiger partial charge is 0.135 e. The largest absolute Gasteiger partial charge is 0.497 e. The van der Waals surface area contributed by atoms with E-state index >= 15 is 0 Å². The number of imidazole rings is 1. The lowest BCUT2D eigenvalue weighted by atomic mass is 10.0. The minimum Gasteiger partial charge on any atom is -0.497 e. The van der Waals surface area contributed by atoms with E-state index in [2.05, 4.69) is 44.1 Å². The van der Waals surface area contributed by atoms with Gasteiger partial charge < -0.3 is 14.0 Å². The van der Waals surface area contributed by atoms with Crippen molar-refractivity contribution in [1.29, 1.82) is 0 Å². The van der Waals surface area contributed by atoms with Crippen LogP contribution in [0.3, 0.4) is 0 Å². The quantitative estimate of drug-likeness (QED) is 0.689. The SMILES string of the molecule is COc1ccc(-c2cnc3n2C[C@@]2(CCN(Cc4cccs4)C2)OC3)cc1. The highest BCUT2D eigenvalue weighted by molar-refractivity contribution is 7.09. The summed E-state index contributed by atoms with van der Waals surface area (Å²) in [6, 6.07) is 12.5. The van der Waals surface area contributed by atoms with Crippen LogP contribution in [0.1, 0.15) is 17.1 Å². The lowest BCUT2D eigenvalue weighted by molar-refractivity contribution is -0.0821. The first-order valence-electron chi connectivity index (χ1n) is 9.32. The van der Waals surface area contributed by atoms with Gasteiger partial charge >= 0.3 is 0 Å². The van der Waals surface area contributed by atoms with E-state index in [1.807, 2.05) is 29.7 Å². The number of nitrogens with zero attached hydrogens (tertiary/aromatic N) is 3. The van der Waals surface area contributed by atoms with Crippen LogP contribution in [0.15, 0.2) is 48.0 Å². The molecule has 5 nitrogen and oxygen atoms in total. The van der Waals surface area contributed by atoms with Crippen LogP contribution in [0, 0.1) is 0 Å². The lowest BCUT2D eigenvalue weighted by Gasteiger charge is -2.35. The van der Waals surface area contributed by atoms with Crippen LogP contribution in [0.25, 0.3) is 11.3 Å². The van der Waals surface area contributed by atoms with E-state index in [0.29, 0.717) is 6.61 Å². The summed E-state index contributed by atoms with van der Waals surface area (Å²) >= 11 is 1.83. The molecule has 0 saturated carbocycles. The van der Waals surface area contributed by atoms with Crippen LogP contribution < -0.4 is 4.74 Å². The first-order valence-corrected chi connectivity index (χ1v) is 10.2. The van der Waals surface area contributed by atoms with Gasteiger partial charge in [0.1, 0.15) is 23.8 Å². The lowest BCUT2D eigenvalue weighted by Crippen LogP contribution is -2.44. The molecule has 0 N–H and O–H groups in total. The molecule has 6 heteroatoms. The maximum atomic E-state index is 6.35. The van der Waals surface area contributed by atoms with Gasteiger partial charge in [-0.2, -0.15) is 0 Å². The second-order valence-corrected chi connectivity index (χ2v) is 8.42. The van der Waals surface area contributed by atoms with Crippen LogP contribution in [0.5, 0.6) is 5.75 Å². The molecule has 0 amide bonds. The van der Waals surface area contributed by atoms with Gasteiger partial charge in [0, 0.05) is 30.1 Å². The molecule has 2 aromatic heterocycles. The Balaban J connectivity index is 1.37. The molecular weight excluding hydrogens is 358 g/mol. The van der Waals surface area contributed by atoms with Crippen molar-refractivity contribution in [3.63, 3.8) is 0 Å². The summed E-state index contributed by atoms with van der Waals surface area (Å²) in [7, 11) is 1.69. The Morgan fingerprint density at radius 3 is 2.89 bits per heavy atom. The molecule has 0 radical (unpaired) electrons. The third kappa shape index (κ3) is 3.18. The number of fused-ring (bicyclic) bond motifs is 1. The molecule has 5 rings (SSSR count). The standard InChI is InChI=1S/C21H23N3O2S/c1-25-17-6-4-16(5-7-17)19-11-22-20-13-26-21(15-24(19)20)8-9-23(14-21)12-18-3-2-10-27-18/h2-7,10-11H,8-9,12-15H2,1H3/t21-/m0/s1. The number of thiophene rings is 1. The molecule has 1 fully saturated rings. The summed E-state index contributed by atoms with van der Waals surface area (Å²) in [5.74, 6) is 1.89. The van der Waals surface area contributed by atoms with Gasteiger partial charge in [0.25, 0.3) is 0 Å². The van der Waals surface area contributed by atoms with Crippen molar-refractivity contribution < 1.29 is 9.47 Å². The second kappa shape index (κ2) is 6.78. The Morgan fingerprint density at radius 2 is 2.11 bits per heavy atom. The molecule has 3 aromatic rings. The van der Waals surface area contributed by atoms with Gasteiger partial charge in [-0.1, -0.05) is 6.07 Å². The number of benzene rings is 1. The number of likely N-dealkylation sites (tertiary alicyclic amines) is 1. The van der Waals surface area contributed by atoms with E-state index in [1.165, 1.54) is 10.4 Å². The molecule has 27 heavy (non-hydrogen) atoms. The van der Waals surface area contributed by atoms with Crippen LogP contribution >= 0.6 is 11.3 Å². The minimum absolute atomic E-state index is 0.105. The summed E-state index contributed by atoms with van der Waals surface area (Å²) in [6.45, 7) is 4.53. The zero-order valence-corrected chi connectivity index (χ0v) is 16.2. The van der Waals surface area contributed by atoms with Gasteiger partial charge in [0.05, 0.1) is 25.5 Å². The van der Waals surface area contributed by atoms with E-state index in [4.69, 9.17) is 9.47 Å². The molecule has 0 unspecified atom stereocenters. The van der Waals surface area contributed by atoms with Gasteiger partial charge in [-0.3, -0.25) is 4.90 Å². The van der Waals surface area contributed by atoms with E-state index < -0.39 is 0 Å². The van der Waals surface area contributed by atoms with E-state index in [1.54, 1.807) is 7.11 Å². The van der Waals surface area contributed by atoms with Crippen molar-refractivity contribution in [2.24, 2.45) is 0 Å². The fourth-order valence-corrected chi connectivity index (χ4v) is 4.93. The van der Waals surface area contributed by atoms with Gasteiger partial charge in [-0.05, 0) is 42.1 Å². The highest BCUT2D eigenvalue weighted by Gasteiger charge is 2.43. The topological polar surface area (TPSA) is 39.5 Å². The zero-order chi connectivity index (χ0) is 18.3. The van der Waals surface area contributed by atoms with Gasteiger partial charge in [0.2, 0.25) is 0 Å². The first kappa shape index (κ1) is 17.0. The fraction of sp³-hybridized carbons (Fsp3) is 0.381. The number of methoxy groups -OCH3 is 1. The molecule has 0 bridgehead atoms. The average Bonchev–Trinajstić information content (AvgIpc) is 3.43.